The molecule has 14 heteroatoms. The molecule has 3 aromatic rings. The first kappa shape index (κ1) is 37.7. The number of anilines is 1. The van der Waals surface area contributed by atoms with Gasteiger partial charge in [0.2, 0.25) is 11.8 Å². The van der Waals surface area contributed by atoms with Crippen LogP contribution in [0.4, 0.5) is 19.1 Å². The Bertz CT molecular complexity index is 1720. The maximum absolute atomic E-state index is 14.3. The number of sulfonamides is 1. The molecule has 0 unspecified atom stereocenters. The molecule has 1 aromatic heterocycles. The third kappa shape index (κ3) is 9.00. The average Bonchev–Trinajstić information content (AvgIpc) is 3.88. The molecule has 0 radical (unpaired) electrons. The van der Waals surface area contributed by atoms with E-state index < -0.39 is 27.7 Å². The van der Waals surface area contributed by atoms with Crippen molar-refractivity contribution in [1.82, 2.24) is 20.2 Å². The summed E-state index contributed by atoms with van der Waals surface area (Å²) in [7, 11) is -0.689. The van der Waals surface area contributed by atoms with Crippen molar-refractivity contribution in [3.63, 3.8) is 0 Å². The second kappa shape index (κ2) is 15.7. The number of alkyl halides is 3. The van der Waals surface area contributed by atoms with Crippen molar-refractivity contribution >= 4 is 22.3 Å². The average molecular weight is 718 g/mol. The number of carbonyl (C=O) groups excluding carboxylic acids is 1. The van der Waals surface area contributed by atoms with E-state index in [9.17, 15) is 26.4 Å². The molecular weight excluding hydrogens is 671 g/mol. The van der Waals surface area contributed by atoms with E-state index in [1.165, 1.54) is 24.3 Å². The van der Waals surface area contributed by atoms with Gasteiger partial charge in [0.15, 0.2) is 0 Å². The number of ether oxygens (including phenoxy) is 2. The molecule has 0 saturated heterocycles. The number of aryl methyl sites for hydroxylation is 2. The molecule has 0 bridgehead atoms. The fourth-order valence-corrected chi connectivity index (χ4v) is 7.88. The zero-order valence-corrected chi connectivity index (χ0v) is 29.7. The fourth-order valence-electron chi connectivity index (χ4n) is 6.88. The van der Waals surface area contributed by atoms with Crippen molar-refractivity contribution in [2.24, 2.45) is 5.41 Å². The molecule has 2 aliphatic carbocycles. The summed E-state index contributed by atoms with van der Waals surface area (Å²) < 4.78 is 83.3. The predicted octanol–water partition coefficient (Wildman–Crippen LogP) is 6.33. The number of rotatable bonds is 16. The Morgan fingerprint density at radius 2 is 1.72 bits per heavy atom. The zero-order valence-electron chi connectivity index (χ0n) is 28.9. The Morgan fingerprint density at radius 3 is 2.34 bits per heavy atom. The van der Waals surface area contributed by atoms with E-state index in [1.54, 1.807) is 13.2 Å². The smallest absolute Gasteiger partial charge is 0.394 e. The summed E-state index contributed by atoms with van der Waals surface area (Å²) in [4.78, 5) is 22.1. The molecule has 50 heavy (non-hydrogen) atoms. The van der Waals surface area contributed by atoms with Gasteiger partial charge in [0.05, 0.1) is 22.6 Å². The molecule has 10 nitrogen and oxygen atoms in total. The van der Waals surface area contributed by atoms with Crippen LogP contribution in [0.15, 0.2) is 53.4 Å². The topological polar surface area (TPSA) is 123 Å². The molecule has 2 N–H and O–H groups in total. The van der Waals surface area contributed by atoms with Gasteiger partial charge in [0, 0.05) is 49.0 Å². The minimum absolute atomic E-state index is 0.0262. The van der Waals surface area contributed by atoms with E-state index in [1.807, 2.05) is 44.0 Å². The summed E-state index contributed by atoms with van der Waals surface area (Å²) in [5, 5.41) is 3.49. The summed E-state index contributed by atoms with van der Waals surface area (Å²) in [6.45, 7) is 5.08. The van der Waals surface area contributed by atoms with E-state index >= 15 is 0 Å². The van der Waals surface area contributed by atoms with Crippen molar-refractivity contribution in [1.29, 1.82) is 0 Å². The number of hydrogen-bond acceptors (Lipinski definition) is 9. The standard InChI is InChI=1S/C36H46F3N5O5S/c1-24-7-5-8-25(2)33(24)31-20-32(42-34(41-31)43-50(46,47)30-10-6-9-26(19-30)22-45)49-23-29(21-35(15-16-35)36(37,38)39)44(3)28-13-11-27(12-14-28)40-17-18-48-4/h5-10,19-20,22,27-29,40H,11-18,21,23H2,1-4H3,(H,41,42,43)/t27-,28+,29-/m1/s1. The van der Waals surface area contributed by atoms with Gasteiger partial charge in [-0.25, -0.2) is 18.1 Å². The lowest BCUT2D eigenvalue weighted by atomic mass is 9.88. The SMILES string of the molecule is COCCN[C@H]1CC[C@@H](N(C)[C@@H](COc2cc(-c3c(C)cccc3C)nc(NS(=O)(=O)c3cccc(C=O)c3)n2)CC2(C(F)(F)F)CC2)CC1. The summed E-state index contributed by atoms with van der Waals surface area (Å²) in [5.74, 6) is -0.242. The van der Waals surface area contributed by atoms with Gasteiger partial charge in [0.1, 0.15) is 12.9 Å². The van der Waals surface area contributed by atoms with Crippen LogP contribution in [0.3, 0.4) is 0 Å². The number of benzene rings is 2. The molecule has 2 aliphatic rings. The van der Waals surface area contributed by atoms with Crippen molar-refractivity contribution in [3.05, 3.63) is 65.2 Å². The number of hydrogen-bond donors (Lipinski definition) is 2. The Morgan fingerprint density at radius 1 is 1.04 bits per heavy atom. The highest BCUT2D eigenvalue weighted by molar-refractivity contribution is 7.92. The summed E-state index contributed by atoms with van der Waals surface area (Å²) in [6.07, 6.45) is -0.256. The van der Waals surface area contributed by atoms with Gasteiger partial charge in [-0.2, -0.15) is 18.2 Å². The van der Waals surface area contributed by atoms with Crippen LogP contribution in [0.1, 0.15) is 66.4 Å². The molecule has 0 amide bonds. The number of methoxy groups -OCH3 is 1. The minimum atomic E-state index is -4.33. The molecule has 0 aliphatic heterocycles. The van der Waals surface area contributed by atoms with Gasteiger partial charge in [-0.15, -0.1) is 0 Å². The number of halogens is 3. The lowest BCUT2D eigenvalue weighted by Gasteiger charge is -2.40. The molecule has 272 valence electrons. The molecule has 2 fully saturated rings. The van der Waals surface area contributed by atoms with E-state index in [0.29, 0.717) is 24.6 Å². The number of aromatic nitrogens is 2. The number of aldehydes is 1. The van der Waals surface area contributed by atoms with E-state index in [-0.39, 0.29) is 54.2 Å². The Kier molecular flexibility index (Phi) is 11.9. The minimum Gasteiger partial charge on any atom is -0.476 e. The third-order valence-electron chi connectivity index (χ3n) is 10.1. The van der Waals surface area contributed by atoms with Crippen molar-refractivity contribution in [3.8, 4) is 17.1 Å². The molecule has 0 spiro atoms. The molecule has 5 rings (SSSR count). The predicted molar refractivity (Wildman–Crippen MR) is 185 cm³/mol. The van der Waals surface area contributed by atoms with Crippen LogP contribution >= 0.6 is 0 Å². The molecule has 1 heterocycles. The van der Waals surface area contributed by atoms with Gasteiger partial charge in [-0.05, 0) is 89.1 Å². The van der Waals surface area contributed by atoms with E-state index in [4.69, 9.17) is 9.47 Å². The highest BCUT2D eigenvalue weighted by atomic mass is 32.2. The first-order chi connectivity index (χ1) is 23.7. The first-order valence-corrected chi connectivity index (χ1v) is 18.4. The normalized spacial score (nSPS) is 19.6. The van der Waals surface area contributed by atoms with E-state index in [0.717, 1.165) is 48.9 Å². The quantitative estimate of drug-likeness (QED) is 0.129. The van der Waals surface area contributed by atoms with E-state index in [2.05, 4.69) is 20.0 Å². The number of carbonyl (C=O) groups is 1. The number of likely N-dealkylation sites (N-methyl/N-ethyl adjacent to an activating group) is 1. The second-order valence-electron chi connectivity index (χ2n) is 13.5. The molecular formula is C36H46F3N5O5S. The molecule has 1 atom stereocenters. The first-order valence-electron chi connectivity index (χ1n) is 16.9. The summed E-state index contributed by atoms with van der Waals surface area (Å²) in [5.41, 5.74) is 1.34. The van der Waals surface area contributed by atoms with Crippen molar-refractivity contribution < 1.29 is 35.9 Å². The zero-order chi connectivity index (χ0) is 36.1. The maximum Gasteiger partial charge on any atom is 0.394 e. The van der Waals surface area contributed by atoms with Crippen LogP contribution in [0.2, 0.25) is 0 Å². The van der Waals surface area contributed by atoms with Crippen LogP contribution in [0.5, 0.6) is 5.88 Å². The lowest BCUT2D eigenvalue weighted by Crippen LogP contribution is -2.49. The van der Waals surface area contributed by atoms with Gasteiger partial charge < -0.3 is 14.8 Å². The van der Waals surface area contributed by atoms with Crippen molar-refractivity contribution in [2.75, 3.05) is 38.6 Å². The lowest BCUT2D eigenvalue weighted by molar-refractivity contribution is -0.193. The maximum atomic E-state index is 14.3. The molecule has 2 saturated carbocycles. The van der Waals surface area contributed by atoms with Gasteiger partial charge in [-0.1, -0.05) is 30.3 Å². The monoisotopic (exact) mass is 717 g/mol. The largest absolute Gasteiger partial charge is 0.476 e. The van der Waals surface area contributed by atoms with Gasteiger partial charge in [0.25, 0.3) is 10.0 Å². The molecule has 2 aromatic carbocycles. The Labute approximate surface area is 292 Å². The van der Waals surface area contributed by atoms with Crippen LogP contribution in [-0.2, 0) is 14.8 Å². The van der Waals surface area contributed by atoms with Crippen LogP contribution in [0, 0.1) is 19.3 Å². The Hall–Kier alpha value is -3.59. The highest BCUT2D eigenvalue weighted by Crippen LogP contribution is 2.61. The number of nitrogens with one attached hydrogen (secondary N) is 2. The third-order valence-corrected chi connectivity index (χ3v) is 11.4. The fraction of sp³-hybridized carbons (Fsp3) is 0.528. The van der Waals surface area contributed by atoms with Crippen LogP contribution in [-0.4, -0.2) is 87.8 Å². The summed E-state index contributed by atoms with van der Waals surface area (Å²) in [6, 6.07) is 12.6. The highest BCUT2D eigenvalue weighted by Gasteiger charge is 2.63. The Balaban J connectivity index is 1.42. The van der Waals surface area contributed by atoms with Gasteiger partial charge >= 0.3 is 6.18 Å². The summed E-state index contributed by atoms with van der Waals surface area (Å²) >= 11 is 0. The second-order valence-corrected chi connectivity index (χ2v) is 15.2. The number of nitrogens with zero attached hydrogens (tertiary/aromatic N) is 3. The van der Waals surface area contributed by atoms with Gasteiger partial charge in [-0.3, -0.25) is 9.69 Å². The van der Waals surface area contributed by atoms with Crippen molar-refractivity contribution in [2.45, 2.75) is 88.0 Å². The van der Waals surface area contributed by atoms with Crippen LogP contribution in [0.25, 0.3) is 11.3 Å². The van der Waals surface area contributed by atoms with Crippen LogP contribution < -0.4 is 14.8 Å².